The van der Waals surface area contributed by atoms with Gasteiger partial charge in [-0.1, -0.05) is 37.3 Å². The molecule has 0 aliphatic heterocycles. The molecule has 0 bridgehead atoms. The quantitative estimate of drug-likeness (QED) is 0.275. The van der Waals surface area contributed by atoms with Gasteiger partial charge in [-0.2, -0.15) is 0 Å². The van der Waals surface area contributed by atoms with Crippen LogP contribution in [0.2, 0.25) is 0 Å². The molecule has 3 aromatic rings. The molecule has 0 saturated carbocycles. The van der Waals surface area contributed by atoms with E-state index in [1.807, 2.05) is 31.2 Å². The Hall–Kier alpha value is -3.26. The fourth-order valence-corrected chi connectivity index (χ4v) is 3.28. The van der Waals surface area contributed by atoms with Crippen molar-refractivity contribution in [1.82, 2.24) is 5.32 Å². The third-order valence-electron chi connectivity index (χ3n) is 5.00. The third kappa shape index (κ3) is 7.66. The number of hydrogen-bond acceptors (Lipinski definition) is 6. The van der Waals surface area contributed by atoms with Crippen molar-refractivity contribution in [3.8, 4) is 28.4 Å². The number of aromatic carboxylic acids is 1. The summed E-state index contributed by atoms with van der Waals surface area (Å²) in [6, 6.07) is 19.2. The fourth-order valence-electron chi connectivity index (χ4n) is 3.28. The van der Waals surface area contributed by atoms with E-state index in [9.17, 15) is 20.1 Å². The number of aliphatic hydroxyl groups excluding tert-OH is 1. The first-order chi connectivity index (χ1) is 16.0. The molecule has 8 heteroatoms. The highest BCUT2D eigenvalue weighted by Crippen LogP contribution is 2.29. The molecule has 0 aromatic heterocycles. The van der Waals surface area contributed by atoms with Crippen molar-refractivity contribution in [2.45, 2.75) is 19.4 Å². The van der Waals surface area contributed by atoms with Gasteiger partial charge in [0, 0.05) is 13.1 Å². The van der Waals surface area contributed by atoms with Crippen molar-refractivity contribution in [3.05, 3.63) is 77.9 Å². The Kier molecular flexibility index (Phi) is 10.7. The molecule has 0 aliphatic carbocycles. The lowest BCUT2D eigenvalue weighted by Crippen LogP contribution is -2.26. The summed E-state index contributed by atoms with van der Waals surface area (Å²) >= 11 is 0. The second-order valence-electron chi connectivity index (χ2n) is 7.55. The first kappa shape index (κ1) is 27.0. The Balaban J connectivity index is 0.00000408. The predicted molar refractivity (Wildman–Crippen MR) is 133 cm³/mol. The molecule has 0 fully saturated rings. The fraction of sp³-hybridized carbons (Fsp3) is 0.269. The van der Waals surface area contributed by atoms with Crippen LogP contribution in [0.25, 0.3) is 11.1 Å². The molecule has 34 heavy (non-hydrogen) atoms. The van der Waals surface area contributed by atoms with Gasteiger partial charge in [-0.3, -0.25) is 0 Å². The zero-order chi connectivity index (χ0) is 23.6. The topological polar surface area (TPSA) is 108 Å². The largest absolute Gasteiger partial charge is 0.508 e. The van der Waals surface area contributed by atoms with Gasteiger partial charge in [-0.05, 0) is 59.5 Å². The molecule has 0 spiro atoms. The zero-order valence-electron chi connectivity index (χ0n) is 18.9. The van der Waals surface area contributed by atoms with E-state index < -0.39 is 12.1 Å². The van der Waals surface area contributed by atoms with Crippen LogP contribution in [-0.4, -0.2) is 47.6 Å². The molecule has 0 amide bonds. The number of halogens is 1. The van der Waals surface area contributed by atoms with E-state index in [1.54, 1.807) is 42.5 Å². The molecule has 4 N–H and O–H groups in total. The van der Waals surface area contributed by atoms with E-state index in [1.165, 1.54) is 0 Å². The molecule has 0 radical (unpaired) electrons. The average molecular weight is 488 g/mol. The van der Waals surface area contributed by atoms with Gasteiger partial charge < -0.3 is 30.1 Å². The number of aromatic hydroxyl groups is 1. The summed E-state index contributed by atoms with van der Waals surface area (Å²) in [5.74, 6) is 0.181. The number of rotatable bonds is 12. The van der Waals surface area contributed by atoms with Crippen LogP contribution in [0.3, 0.4) is 0 Å². The molecule has 0 aliphatic rings. The van der Waals surface area contributed by atoms with E-state index in [-0.39, 0.29) is 23.7 Å². The molecule has 3 aromatic carbocycles. The lowest BCUT2D eigenvalue weighted by atomic mass is 10.0. The van der Waals surface area contributed by atoms with Crippen LogP contribution in [0.5, 0.6) is 17.2 Å². The van der Waals surface area contributed by atoms with Gasteiger partial charge in [0.25, 0.3) is 0 Å². The molecule has 3 rings (SSSR count). The lowest BCUT2D eigenvalue weighted by Gasteiger charge is -2.13. The Morgan fingerprint density at radius 2 is 1.71 bits per heavy atom. The third-order valence-corrected chi connectivity index (χ3v) is 5.00. The number of phenols is 1. The first-order valence-corrected chi connectivity index (χ1v) is 10.9. The number of phenolic OH excluding ortho intramolecular Hbond substituents is 1. The number of carboxylic acid groups (broad SMARTS) is 1. The minimum atomic E-state index is -1.01. The van der Waals surface area contributed by atoms with Gasteiger partial charge in [-0.15, -0.1) is 12.4 Å². The van der Waals surface area contributed by atoms with E-state index in [2.05, 4.69) is 5.32 Å². The Labute approximate surface area is 205 Å². The molecule has 7 nitrogen and oxygen atoms in total. The number of ether oxygens (including phenoxy) is 2. The van der Waals surface area contributed by atoms with Gasteiger partial charge in [0.15, 0.2) is 0 Å². The summed E-state index contributed by atoms with van der Waals surface area (Å²) in [6.45, 7) is 3.74. The summed E-state index contributed by atoms with van der Waals surface area (Å²) in [6.07, 6.45) is 0.0778. The molecule has 0 unspecified atom stereocenters. The maximum Gasteiger partial charge on any atom is 0.339 e. The number of nitrogens with one attached hydrogen (secondary N) is 1. The molecule has 0 heterocycles. The Morgan fingerprint density at radius 3 is 2.38 bits per heavy atom. The summed E-state index contributed by atoms with van der Waals surface area (Å²) in [7, 11) is 0. The van der Waals surface area contributed by atoms with Gasteiger partial charge in [-0.25, -0.2) is 4.79 Å². The Morgan fingerprint density at radius 1 is 0.971 bits per heavy atom. The average Bonchev–Trinajstić information content (AvgIpc) is 2.82. The minimum Gasteiger partial charge on any atom is -0.508 e. The molecular weight excluding hydrogens is 458 g/mol. The van der Waals surface area contributed by atoms with Crippen molar-refractivity contribution >= 4 is 18.4 Å². The molecule has 0 saturated heterocycles. The van der Waals surface area contributed by atoms with E-state index in [4.69, 9.17) is 9.47 Å². The van der Waals surface area contributed by atoms with Gasteiger partial charge in [0.05, 0.1) is 12.7 Å². The number of carbonyl (C=O) groups is 1. The first-order valence-electron chi connectivity index (χ1n) is 10.9. The summed E-state index contributed by atoms with van der Waals surface area (Å²) in [4.78, 5) is 11.4. The summed E-state index contributed by atoms with van der Waals surface area (Å²) in [5.41, 5.74) is 2.58. The highest BCUT2D eigenvalue weighted by molar-refractivity contribution is 5.92. The van der Waals surface area contributed by atoms with Crippen LogP contribution in [0.4, 0.5) is 0 Å². The number of aliphatic hydroxyl groups is 1. The SMILES string of the molecule is CCCOc1cc(-c2ccc(OCCNC[C@@H](O)c3cccc(O)c3)cc2)ccc1C(=O)O.Cl. The van der Waals surface area contributed by atoms with Gasteiger partial charge in [0.2, 0.25) is 0 Å². The zero-order valence-corrected chi connectivity index (χ0v) is 19.8. The minimum absolute atomic E-state index is 0. The summed E-state index contributed by atoms with van der Waals surface area (Å²) in [5, 5.41) is 32.1. The lowest BCUT2D eigenvalue weighted by molar-refractivity contribution is 0.0692. The maximum atomic E-state index is 11.4. The van der Waals surface area contributed by atoms with Crippen LogP contribution in [-0.2, 0) is 0 Å². The number of hydrogen-bond donors (Lipinski definition) is 4. The van der Waals surface area contributed by atoms with Crippen molar-refractivity contribution < 1.29 is 29.6 Å². The van der Waals surface area contributed by atoms with E-state index in [0.717, 1.165) is 17.5 Å². The predicted octanol–water partition coefficient (Wildman–Crippen LogP) is 4.67. The van der Waals surface area contributed by atoms with Gasteiger partial charge >= 0.3 is 5.97 Å². The molecular formula is C26H30ClNO6. The van der Waals surface area contributed by atoms with Gasteiger partial charge in [0.1, 0.15) is 29.4 Å². The second-order valence-corrected chi connectivity index (χ2v) is 7.55. The highest BCUT2D eigenvalue weighted by atomic mass is 35.5. The standard InChI is InChI=1S/C26H29NO6.ClH/c1-2-13-33-25-16-19(8-11-23(25)26(30)31)18-6-9-22(10-7-18)32-14-12-27-17-24(29)20-4-3-5-21(28)15-20;/h3-11,15-16,24,27-29H,2,12-14,17H2,1H3,(H,30,31);1H/t24-;/m1./s1. The highest BCUT2D eigenvalue weighted by Gasteiger charge is 2.13. The summed E-state index contributed by atoms with van der Waals surface area (Å²) < 4.78 is 11.4. The van der Waals surface area contributed by atoms with Crippen molar-refractivity contribution in [2.75, 3.05) is 26.3 Å². The molecule has 182 valence electrons. The van der Waals surface area contributed by atoms with Crippen LogP contribution in [0.15, 0.2) is 66.7 Å². The van der Waals surface area contributed by atoms with Crippen LogP contribution in [0.1, 0.15) is 35.4 Å². The van der Waals surface area contributed by atoms with Crippen LogP contribution in [0, 0.1) is 0 Å². The van der Waals surface area contributed by atoms with Crippen LogP contribution >= 0.6 is 12.4 Å². The maximum absolute atomic E-state index is 11.4. The van der Waals surface area contributed by atoms with Crippen molar-refractivity contribution in [2.24, 2.45) is 0 Å². The molecule has 1 atom stereocenters. The smallest absolute Gasteiger partial charge is 0.339 e. The van der Waals surface area contributed by atoms with E-state index >= 15 is 0 Å². The Bertz CT molecular complexity index is 1060. The normalized spacial score (nSPS) is 11.4. The number of carboxylic acids is 1. The van der Waals surface area contributed by atoms with Crippen molar-refractivity contribution in [3.63, 3.8) is 0 Å². The second kappa shape index (κ2) is 13.4. The monoisotopic (exact) mass is 487 g/mol. The van der Waals surface area contributed by atoms with Crippen molar-refractivity contribution in [1.29, 1.82) is 0 Å². The van der Waals surface area contributed by atoms with E-state index in [0.29, 0.717) is 43.4 Å². The van der Waals surface area contributed by atoms with Crippen LogP contribution < -0.4 is 14.8 Å². The number of benzene rings is 3.